The molecule has 0 saturated heterocycles. The van der Waals surface area contributed by atoms with Crippen LogP contribution in [0.15, 0.2) is 45.3 Å². The van der Waals surface area contributed by atoms with Crippen LogP contribution < -0.4 is 5.32 Å². The van der Waals surface area contributed by atoms with Gasteiger partial charge in [0.2, 0.25) is 0 Å². The Hall–Kier alpha value is -1.08. The fourth-order valence-corrected chi connectivity index (χ4v) is 3.10. The van der Waals surface area contributed by atoms with Gasteiger partial charge in [-0.2, -0.15) is 13.2 Å². The fourth-order valence-electron chi connectivity index (χ4n) is 1.82. The summed E-state index contributed by atoms with van der Waals surface area (Å²) in [6.45, 7) is -0.0731. The second-order valence-electron chi connectivity index (χ2n) is 4.25. The molecule has 0 saturated carbocycles. The van der Waals surface area contributed by atoms with E-state index < -0.39 is 17.6 Å². The van der Waals surface area contributed by atoms with Gasteiger partial charge in [0.1, 0.15) is 5.82 Å². The zero-order valence-corrected chi connectivity index (χ0v) is 13.6. The average molecular weight is 427 g/mol. The third kappa shape index (κ3) is 3.97. The first kappa shape index (κ1) is 16.3. The van der Waals surface area contributed by atoms with Crippen molar-refractivity contribution >= 4 is 37.5 Å². The molecule has 2 aromatic rings. The Morgan fingerprint density at radius 2 is 1.62 bits per heavy atom. The maximum Gasteiger partial charge on any atom is 0.416 e. The number of alkyl halides is 3. The van der Waals surface area contributed by atoms with Gasteiger partial charge in [0, 0.05) is 15.5 Å². The Kier molecular flexibility index (Phi) is 4.93. The molecular formula is C14H9Br2F4N. The number of hydrogen-bond acceptors (Lipinski definition) is 1. The molecule has 0 atom stereocenters. The topological polar surface area (TPSA) is 12.0 Å². The smallest absolute Gasteiger partial charge is 0.379 e. The quantitative estimate of drug-likeness (QED) is 0.595. The molecule has 0 aliphatic heterocycles. The van der Waals surface area contributed by atoms with Crippen LogP contribution in [-0.2, 0) is 12.7 Å². The maximum absolute atomic E-state index is 13.0. The van der Waals surface area contributed by atoms with Crippen LogP contribution in [0.3, 0.4) is 0 Å². The van der Waals surface area contributed by atoms with Crippen LogP contribution in [0.4, 0.5) is 23.2 Å². The molecule has 0 amide bonds. The average Bonchev–Trinajstić information content (AvgIpc) is 2.38. The molecule has 0 radical (unpaired) electrons. The van der Waals surface area contributed by atoms with Gasteiger partial charge in [-0.25, -0.2) is 4.39 Å². The summed E-state index contributed by atoms with van der Waals surface area (Å²) in [6, 6.07) is 7.98. The Balaban J connectivity index is 2.29. The number of rotatable bonds is 3. The summed E-state index contributed by atoms with van der Waals surface area (Å²) in [7, 11) is 0. The molecule has 0 unspecified atom stereocenters. The van der Waals surface area contributed by atoms with Gasteiger partial charge in [0.15, 0.2) is 0 Å². The summed E-state index contributed by atoms with van der Waals surface area (Å²) in [5, 5.41) is 2.91. The molecule has 21 heavy (non-hydrogen) atoms. The van der Waals surface area contributed by atoms with E-state index in [0.29, 0.717) is 20.7 Å². The zero-order valence-electron chi connectivity index (χ0n) is 10.4. The lowest BCUT2D eigenvalue weighted by molar-refractivity contribution is -0.138. The van der Waals surface area contributed by atoms with Gasteiger partial charge >= 0.3 is 6.18 Å². The summed E-state index contributed by atoms with van der Waals surface area (Å²) in [4.78, 5) is 0. The van der Waals surface area contributed by atoms with Crippen molar-refractivity contribution in [2.24, 2.45) is 0 Å². The van der Waals surface area contributed by atoms with Gasteiger partial charge in [-0.15, -0.1) is 0 Å². The van der Waals surface area contributed by atoms with Crippen molar-refractivity contribution in [2.75, 3.05) is 5.32 Å². The largest absolute Gasteiger partial charge is 0.416 e. The van der Waals surface area contributed by atoms with E-state index in [1.165, 1.54) is 0 Å². The summed E-state index contributed by atoms with van der Waals surface area (Å²) in [5.74, 6) is -0.909. The van der Waals surface area contributed by atoms with Crippen LogP contribution in [0.2, 0.25) is 0 Å². The van der Waals surface area contributed by atoms with Gasteiger partial charge in [0.05, 0.1) is 11.3 Å². The standard InChI is InChI=1S/C14H9Br2F4N/c15-11-2-1-3-12(16)13(11)21-7-8-4-5-9(17)6-10(8)14(18,19)20/h1-6,21H,7H2. The van der Waals surface area contributed by atoms with Crippen molar-refractivity contribution < 1.29 is 17.6 Å². The molecule has 7 heteroatoms. The molecule has 0 aromatic heterocycles. The number of halogens is 6. The van der Waals surface area contributed by atoms with E-state index in [1.807, 2.05) is 0 Å². The third-order valence-electron chi connectivity index (χ3n) is 2.80. The molecule has 2 aromatic carbocycles. The van der Waals surface area contributed by atoms with Crippen molar-refractivity contribution in [3.8, 4) is 0 Å². The van der Waals surface area contributed by atoms with E-state index in [1.54, 1.807) is 18.2 Å². The van der Waals surface area contributed by atoms with E-state index in [-0.39, 0.29) is 12.1 Å². The molecule has 0 fully saturated rings. The van der Waals surface area contributed by atoms with Crippen LogP contribution in [0.1, 0.15) is 11.1 Å². The molecule has 0 bridgehead atoms. The Labute approximate surface area is 135 Å². The molecule has 1 nitrogen and oxygen atoms in total. The number of nitrogens with one attached hydrogen (secondary N) is 1. The highest BCUT2D eigenvalue weighted by Crippen LogP contribution is 2.34. The van der Waals surface area contributed by atoms with E-state index in [9.17, 15) is 17.6 Å². The van der Waals surface area contributed by atoms with Crippen LogP contribution in [-0.4, -0.2) is 0 Å². The predicted octanol–water partition coefficient (Wildman–Crippen LogP) is 5.98. The van der Waals surface area contributed by atoms with Gasteiger partial charge in [-0.1, -0.05) is 12.1 Å². The Morgan fingerprint density at radius 3 is 2.19 bits per heavy atom. The summed E-state index contributed by atoms with van der Waals surface area (Å²) in [5.41, 5.74) is -0.361. The number of anilines is 1. The summed E-state index contributed by atoms with van der Waals surface area (Å²) < 4.78 is 53.2. The first-order valence-corrected chi connectivity index (χ1v) is 7.41. The molecule has 0 spiro atoms. The number of benzene rings is 2. The lowest BCUT2D eigenvalue weighted by atomic mass is 10.1. The predicted molar refractivity (Wildman–Crippen MR) is 80.6 cm³/mol. The fraction of sp³-hybridized carbons (Fsp3) is 0.143. The molecule has 2 rings (SSSR count). The van der Waals surface area contributed by atoms with Crippen molar-refractivity contribution in [1.82, 2.24) is 0 Å². The molecule has 1 N–H and O–H groups in total. The van der Waals surface area contributed by atoms with Crippen LogP contribution >= 0.6 is 31.9 Å². The monoisotopic (exact) mass is 425 g/mol. The van der Waals surface area contributed by atoms with Gasteiger partial charge < -0.3 is 5.32 Å². The lowest BCUT2D eigenvalue weighted by Gasteiger charge is -2.15. The highest BCUT2D eigenvalue weighted by atomic mass is 79.9. The van der Waals surface area contributed by atoms with Crippen LogP contribution in [0, 0.1) is 5.82 Å². The van der Waals surface area contributed by atoms with E-state index >= 15 is 0 Å². The SMILES string of the molecule is Fc1ccc(CNc2c(Br)cccc2Br)c(C(F)(F)F)c1. The zero-order chi connectivity index (χ0) is 15.6. The van der Waals surface area contributed by atoms with E-state index in [0.717, 1.165) is 12.1 Å². The lowest BCUT2D eigenvalue weighted by Crippen LogP contribution is -2.12. The maximum atomic E-state index is 13.0. The second-order valence-corrected chi connectivity index (χ2v) is 5.96. The molecule has 0 aliphatic rings. The number of para-hydroxylation sites is 1. The molecule has 0 heterocycles. The highest BCUT2D eigenvalue weighted by molar-refractivity contribution is 9.11. The minimum absolute atomic E-state index is 0.0217. The second kappa shape index (κ2) is 6.36. The van der Waals surface area contributed by atoms with E-state index in [2.05, 4.69) is 37.2 Å². The van der Waals surface area contributed by atoms with Gasteiger partial charge in [-0.05, 0) is 61.7 Å². The van der Waals surface area contributed by atoms with Crippen molar-refractivity contribution in [3.05, 3.63) is 62.3 Å². The number of hydrogen-bond donors (Lipinski definition) is 1. The summed E-state index contributed by atoms with van der Waals surface area (Å²) in [6.07, 6.45) is -4.59. The van der Waals surface area contributed by atoms with Gasteiger partial charge in [0.25, 0.3) is 0 Å². The minimum atomic E-state index is -4.59. The molecular weight excluding hydrogens is 418 g/mol. The van der Waals surface area contributed by atoms with Crippen LogP contribution in [0.25, 0.3) is 0 Å². The summed E-state index contributed by atoms with van der Waals surface area (Å²) >= 11 is 6.63. The molecule has 112 valence electrons. The minimum Gasteiger partial charge on any atom is -0.379 e. The Morgan fingerprint density at radius 1 is 1.00 bits per heavy atom. The first-order valence-electron chi connectivity index (χ1n) is 5.82. The highest BCUT2D eigenvalue weighted by Gasteiger charge is 2.33. The first-order chi connectivity index (χ1) is 9.79. The molecule has 0 aliphatic carbocycles. The Bertz CT molecular complexity index is 636. The van der Waals surface area contributed by atoms with E-state index in [4.69, 9.17) is 0 Å². The van der Waals surface area contributed by atoms with Crippen molar-refractivity contribution in [2.45, 2.75) is 12.7 Å². The normalized spacial score (nSPS) is 11.5. The van der Waals surface area contributed by atoms with Crippen molar-refractivity contribution in [3.63, 3.8) is 0 Å². The third-order valence-corrected chi connectivity index (χ3v) is 4.12. The van der Waals surface area contributed by atoms with Gasteiger partial charge in [-0.3, -0.25) is 0 Å². The van der Waals surface area contributed by atoms with Crippen molar-refractivity contribution in [1.29, 1.82) is 0 Å². The van der Waals surface area contributed by atoms with Crippen LogP contribution in [0.5, 0.6) is 0 Å².